The first-order valence-corrected chi connectivity index (χ1v) is 3.63. The van der Waals surface area contributed by atoms with E-state index in [1.165, 1.54) is 0 Å². The summed E-state index contributed by atoms with van der Waals surface area (Å²) in [5.41, 5.74) is -0.266. The molecule has 0 radical (unpaired) electrons. The maximum atomic E-state index is 5.64. The van der Waals surface area contributed by atoms with Crippen LogP contribution in [-0.4, -0.2) is 38.6 Å². The minimum absolute atomic E-state index is 0.266. The third kappa shape index (κ3) is 1.61. The Morgan fingerprint density at radius 3 is 2.60 bits per heavy atom. The van der Waals surface area contributed by atoms with E-state index in [9.17, 15) is 0 Å². The Morgan fingerprint density at radius 1 is 1.60 bits per heavy atom. The highest BCUT2D eigenvalue weighted by atomic mass is 35.5. The molecule has 0 N–H and O–H groups in total. The number of rotatable bonds is 4. The monoisotopic (exact) mass is 166 g/mol. The lowest BCUT2D eigenvalue weighted by Crippen LogP contribution is -2.53. The van der Waals surface area contributed by atoms with Crippen molar-refractivity contribution >= 4 is 11.6 Å². The second kappa shape index (κ2) is 3.53. The minimum atomic E-state index is -0.266. The zero-order valence-corrected chi connectivity index (χ0v) is 6.69. The third-order valence-corrected chi connectivity index (χ3v) is 1.94. The van der Waals surface area contributed by atoms with E-state index in [-0.39, 0.29) is 12.4 Å². The molecule has 1 aliphatic heterocycles. The molecule has 0 bridgehead atoms. The van der Waals surface area contributed by atoms with Crippen LogP contribution in [0.4, 0.5) is 0 Å². The summed E-state index contributed by atoms with van der Waals surface area (Å²) in [5, 5.41) is 0. The Bertz CT molecular complexity index is 97.7. The average Bonchev–Trinajstić information content (AvgIpc) is 1.87. The largest absolute Gasteiger partial charge is 0.375 e. The third-order valence-electron chi connectivity index (χ3n) is 1.46. The molecule has 1 saturated heterocycles. The van der Waals surface area contributed by atoms with Gasteiger partial charge in [-0.1, -0.05) is 0 Å². The van der Waals surface area contributed by atoms with Crippen molar-refractivity contribution in [2.24, 2.45) is 0 Å². The summed E-state index contributed by atoms with van der Waals surface area (Å²) in [5.74, 6) is 0.469. The maximum Gasteiger partial charge on any atom is 0.147 e. The molecule has 0 amide bonds. The molecule has 0 spiro atoms. The van der Waals surface area contributed by atoms with Crippen LogP contribution in [0.1, 0.15) is 0 Å². The topological polar surface area (TPSA) is 27.7 Å². The van der Waals surface area contributed by atoms with Gasteiger partial charge in [0.15, 0.2) is 0 Å². The summed E-state index contributed by atoms with van der Waals surface area (Å²) >= 11 is 5.64. The Hall–Kier alpha value is 0.170. The van der Waals surface area contributed by atoms with E-state index in [2.05, 4.69) is 0 Å². The summed E-state index contributed by atoms with van der Waals surface area (Å²) in [4.78, 5) is 0. The fraction of sp³-hybridized carbons (Fsp3) is 1.00. The lowest BCUT2D eigenvalue weighted by atomic mass is 10.1. The van der Waals surface area contributed by atoms with Crippen LogP contribution in [0.25, 0.3) is 0 Å². The number of hydrogen-bond acceptors (Lipinski definition) is 3. The van der Waals surface area contributed by atoms with Crippen molar-refractivity contribution in [1.82, 2.24) is 0 Å². The van der Waals surface area contributed by atoms with E-state index in [0.29, 0.717) is 19.1 Å². The molecule has 0 aromatic carbocycles. The van der Waals surface area contributed by atoms with Crippen molar-refractivity contribution in [3.63, 3.8) is 0 Å². The van der Waals surface area contributed by atoms with Gasteiger partial charge in [0.25, 0.3) is 0 Å². The van der Waals surface area contributed by atoms with Gasteiger partial charge in [-0.15, -0.1) is 11.6 Å². The molecule has 3 nitrogen and oxygen atoms in total. The molecule has 0 saturated carbocycles. The second-order valence-corrected chi connectivity index (χ2v) is 2.63. The van der Waals surface area contributed by atoms with Gasteiger partial charge in [-0.3, -0.25) is 0 Å². The van der Waals surface area contributed by atoms with E-state index >= 15 is 0 Å². The molecule has 60 valence electrons. The minimum Gasteiger partial charge on any atom is -0.375 e. The number of methoxy groups -OCH3 is 1. The van der Waals surface area contributed by atoms with Gasteiger partial charge in [-0.2, -0.15) is 0 Å². The lowest BCUT2D eigenvalue weighted by Gasteiger charge is -2.38. The lowest BCUT2D eigenvalue weighted by molar-refractivity contribution is -0.229. The molecular weight excluding hydrogens is 156 g/mol. The molecule has 0 aromatic heterocycles. The standard InChI is InChI=1S/C6H11ClO3/c1-8-5-10-6(2-7)3-9-4-6/h2-5H2,1H3. The number of alkyl halides is 1. The van der Waals surface area contributed by atoms with E-state index in [4.69, 9.17) is 25.8 Å². The number of hydrogen-bond donors (Lipinski definition) is 0. The number of halogens is 1. The molecule has 4 heteroatoms. The summed E-state index contributed by atoms with van der Waals surface area (Å²) in [7, 11) is 1.58. The molecule has 0 atom stereocenters. The Balaban J connectivity index is 2.20. The van der Waals surface area contributed by atoms with Gasteiger partial charge in [0, 0.05) is 7.11 Å². The van der Waals surface area contributed by atoms with Crippen LogP contribution in [-0.2, 0) is 14.2 Å². The fourth-order valence-corrected chi connectivity index (χ4v) is 0.944. The molecule has 0 aliphatic carbocycles. The van der Waals surface area contributed by atoms with Crippen molar-refractivity contribution in [2.75, 3.05) is 33.0 Å². The van der Waals surface area contributed by atoms with Crippen molar-refractivity contribution < 1.29 is 14.2 Å². The molecule has 10 heavy (non-hydrogen) atoms. The van der Waals surface area contributed by atoms with Crippen LogP contribution in [0.3, 0.4) is 0 Å². The Morgan fingerprint density at radius 2 is 2.30 bits per heavy atom. The zero-order valence-electron chi connectivity index (χ0n) is 5.93. The number of ether oxygens (including phenoxy) is 3. The first kappa shape index (κ1) is 8.27. The fourth-order valence-electron chi connectivity index (χ4n) is 0.713. The zero-order chi connectivity index (χ0) is 7.45. The van der Waals surface area contributed by atoms with Gasteiger partial charge < -0.3 is 14.2 Å². The van der Waals surface area contributed by atoms with Crippen LogP contribution >= 0.6 is 11.6 Å². The predicted octanol–water partition coefficient (Wildman–Crippen LogP) is 0.615. The van der Waals surface area contributed by atoms with Gasteiger partial charge in [0.05, 0.1) is 19.1 Å². The maximum absolute atomic E-state index is 5.64. The van der Waals surface area contributed by atoms with Crippen LogP contribution in [0.15, 0.2) is 0 Å². The van der Waals surface area contributed by atoms with Crippen LogP contribution < -0.4 is 0 Å². The summed E-state index contributed by atoms with van der Waals surface area (Å²) < 4.78 is 15.0. The normalized spacial score (nSPS) is 22.2. The van der Waals surface area contributed by atoms with E-state index in [0.717, 1.165) is 0 Å². The average molecular weight is 167 g/mol. The SMILES string of the molecule is COCOC1(CCl)COC1. The summed E-state index contributed by atoms with van der Waals surface area (Å²) in [6.45, 7) is 1.45. The Labute approximate surface area is 65.2 Å². The quantitative estimate of drug-likeness (QED) is 0.453. The highest BCUT2D eigenvalue weighted by molar-refractivity contribution is 6.18. The molecule has 1 fully saturated rings. The van der Waals surface area contributed by atoms with E-state index in [1.54, 1.807) is 7.11 Å². The first-order valence-electron chi connectivity index (χ1n) is 3.09. The van der Waals surface area contributed by atoms with Crippen molar-refractivity contribution in [3.8, 4) is 0 Å². The summed E-state index contributed by atoms with van der Waals surface area (Å²) in [6, 6.07) is 0. The van der Waals surface area contributed by atoms with Crippen LogP contribution in [0.2, 0.25) is 0 Å². The van der Waals surface area contributed by atoms with E-state index in [1.807, 2.05) is 0 Å². The van der Waals surface area contributed by atoms with Gasteiger partial charge in [0.1, 0.15) is 12.4 Å². The van der Waals surface area contributed by atoms with Crippen LogP contribution in [0.5, 0.6) is 0 Å². The van der Waals surface area contributed by atoms with Crippen molar-refractivity contribution in [3.05, 3.63) is 0 Å². The molecule has 1 heterocycles. The van der Waals surface area contributed by atoms with Gasteiger partial charge in [0.2, 0.25) is 0 Å². The smallest absolute Gasteiger partial charge is 0.147 e. The van der Waals surface area contributed by atoms with E-state index < -0.39 is 0 Å². The van der Waals surface area contributed by atoms with Gasteiger partial charge in [-0.05, 0) is 0 Å². The molecule has 0 aromatic rings. The molecule has 0 unspecified atom stereocenters. The van der Waals surface area contributed by atoms with Crippen molar-refractivity contribution in [2.45, 2.75) is 5.60 Å². The highest BCUT2D eigenvalue weighted by Gasteiger charge is 2.38. The highest BCUT2D eigenvalue weighted by Crippen LogP contribution is 2.22. The molecular formula is C6H11ClO3. The first-order chi connectivity index (χ1) is 4.83. The van der Waals surface area contributed by atoms with Gasteiger partial charge >= 0.3 is 0 Å². The molecule has 1 aliphatic rings. The predicted molar refractivity (Wildman–Crippen MR) is 37.2 cm³/mol. The van der Waals surface area contributed by atoms with Crippen LogP contribution in [0, 0.1) is 0 Å². The van der Waals surface area contributed by atoms with Crippen molar-refractivity contribution in [1.29, 1.82) is 0 Å². The summed E-state index contributed by atoms with van der Waals surface area (Å²) in [6.07, 6.45) is 0. The Kier molecular flexibility index (Phi) is 2.92. The van der Waals surface area contributed by atoms with Gasteiger partial charge in [-0.25, -0.2) is 0 Å². The molecule has 1 rings (SSSR count). The second-order valence-electron chi connectivity index (χ2n) is 2.36.